The first-order valence-electron chi connectivity index (χ1n) is 6.20. The molecule has 0 saturated heterocycles. The number of aromatic nitrogens is 1. The number of anilines is 1. The molecule has 21 heavy (non-hydrogen) atoms. The highest BCUT2D eigenvalue weighted by molar-refractivity contribution is 8.00. The number of carbonyl (C=O) groups is 1. The molecule has 0 aliphatic heterocycles. The smallest absolute Gasteiger partial charge is 0.351 e. The minimum atomic E-state index is -4.29. The first-order valence-corrected chi connectivity index (χ1v) is 7.19. The monoisotopic (exact) mass is 322 g/mol. The van der Waals surface area contributed by atoms with Crippen molar-refractivity contribution in [1.82, 2.24) is 10.3 Å². The molecule has 0 bridgehead atoms. The maximum Gasteiger partial charge on any atom is 0.441 e. The van der Waals surface area contributed by atoms with E-state index in [2.05, 4.69) is 15.7 Å². The molecule has 0 unspecified atom stereocenters. The van der Waals surface area contributed by atoms with Crippen LogP contribution >= 0.6 is 11.8 Å². The molecule has 1 aromatic rings. The molecule has 1 heterocycles. The number of alkyl halides is 3. The van der Waals surface area contributed by atoms with Crippen molar-refractivity contribution in [3.05, 3.63) is 23.4 Å². The average Bonchev–Trinajstić information content (AvgIpc) is 2.41. The quantitative estimate of drug-likeness (QED) is 0.426. The van der Waals surface area contributed by atoms with Gasteiger partial charge in [0.15, 0.2) is 0 Å². The van der Waals surface area contributed by atoms with Gasteiger partial charge in [-0.1, -0.05) is 13.8 Å². The SMILES string of the molecule is CC(C)c1cc(C(=O)NCCSC(F)(F)F)cc(NN)n1. The lowest BCUT2D eigenvalue weighted by molar-refractivity contribution is -0.0327. The summed E-state index contributed by atoms with van der Waals surface area (Å²) in [5.74, 6) is 5.01. The molecule has 0 aliphatic carbocycles. The van der Waals surface area contributed by atoms with Crippen molar-refractivity contribution in [2.24, 2.45) is 5.84 Å². The van der Waals surface area contributed by atoms with Gasteiger partial charge in [0, 0.05) is 23.6 Å². The third-order valence-corrected chi connectivity index (χ3v) is 3.24. The molecule has 0 aliphatic rings. The molecule has 1 aromatic heterocycles. The van der Waals surface area contributed by atoms with E-state index in [1.54, 1.807) is 6.07 Å². The van der Waals surface area contributed by atoms with E-state index in [9.17, 15) is 18.0 Å². The Bertz CT molecular complexity index is 494. The molecule has 4 N–H and O–H groups in total. The number of hydrogen-bond donors (Lipinski definition) is 3. The Morgan fingerprint density at radius 1 is 1.43 bits per heavy atom. The van der Waals surface area contributed by atoms with Gasteiger partial charge in [0.2, 0.25) is 0 Å². The first kappa shape index (κ1) is 17.6. The fraction of sp³-hybridized carbons (Fsp3) is 0.500. The van der Waals surface area contributed by atoms with Crippen LogP contribution in [-0.2, 0) is 0 Å². The molecule has 118 valence electrons. The van der Waals surface area contributed by atoms with Crippen molar-refractivity contribution in [1.29, 1.82) is 0 Å². The van der Waals surface area contributed by atoms with Gasteiger partial charge < -0.3 is 10.7 Å². The lowest BCUT2D eigenvalue weighted by Crippen LogP contribution is -2.27. The largest absolute Gasteiger partial charge is 0.441 e. The van der Waals surface area contributed by atoms with E-state index in [1.807, 2.05) is 13.8 Å². The lowest BCUT2D eigenvalue weighted by Gasteiger charge is -2.11. The van der Waals surface area contributed by atoms with Crippen LogP contribution in [0.2, 0.25) is 0 Å². The van der Waals surface area contributed by atoms with Crippen LogP contribution in [0.25, 0.3) is 0 Å². The van der Waals surface area contributed by atoms with E-state index >= 15 is 0 Å². The Morgan fingerprint density at radius 2 is 2.10 bits per heavy atom. The molecular weight excluding hydrogens is 305 g/mol. The van der Waals surface area contributed by atoms with Crippen LogP contribution in [0, 0.1) is 0 Å². The maximum atomic E-state index is 12.0. The number of carbonyl (C=O) groups excluding carboxylic acids is 1. The molecule has 1 amide bonds. The molecule has 0 saturated carbocycles. The molecule has 0 radical (unpaired) electrons. The van der Waals surface area contributed by atoms with E-state index in [0.29, 0.717) is 17.1 Å². The highest BCUT2D eigenvalue weighted by Crippen LogP contribution is 2.29. The molecule has 1 rings (SSSR count). The Balaban J connectivity index is 2.67. The lowest BCUT2D eigenvalue weighted by atomic mass is 10.1. The topological polar surface area (TPSA) is 80.0 Å². The standard InChI is InChI=1S/C12H17F3N4OS/c1-7(2)9-5-8(6-10(18-9)19-16)11(20)17-3-4-21-12(13,14)15/h5-7H,3-4,16H2,1-2H3,(H,17,20)(H,18,19). The summed E-state index contributed by atoms with van der Waals surface area (Å²) in [7, 11) is 0. The van der Waals surface area contributed by atoms with Crippen molar-refractivity contribution in [3.8, 4) is 0 Å². The van der Waals surface area contributed by atoms with Gasteiger partial charge in [-0.2, -0.15) is 13.2 Å². The molecule has 0 atom stereocenters. The van der Waals surface area contributed by atoms with Gasteiger partial charge in [-0.3, -0.25) is 4.79 Å². The van der Waals surface area contributed by atoms with E-state index in [1.165, 1.54) is 6.07 Å². The van der Waals surface area contributed by atoms with Crippen molar-refractivity contribution >= 4 is 23.5 Å². The predicted octanol–water partition coefficient (Wildman–Crippen LogP) is 2.47. The fourth-order valence-electron chi connectivity index (χ4n) is 1.49. The summed E-state index contributed by atoms with van der Waals surface area (Å²) in [5.41, 5.74) is -0.957. The normalized spacial score (nSPS) is 11.6. The number of nitrogens with one attached hydrogen (secondary N) is 2. The molecular formula is C12H17F3N4OS. The summed E-state index contributed by atoms with van der Waals surface area (Å²) in [6, 6.07) is 3.04. The van der Waals surface area contributed by atoms with Crippen molar-refractivity contribution in [2.45, 2.75) is 25.3 Å². The second-order valence-corrected chi connectivity index (χ2v) is 5.67. The summed E-state index contributed by atoms with van der Waals surface area (Å²) in [5, 5.41) is 2.43. The Labute approximate surface area is 124 Å². The Kier molecular flexibility index (Phi) is 6.28. The second-order valence-electron chi connectivity index (χ2n) is 4.52. The van der Waals surface area contributed by atoms with Crippen LogP contribution in [0.3, 0.4) is 0 Å². The third kappa shape index (κ3) is 6.21. The first-order chi connectivity index (χ1) is 9.73. The zero-order valence-electron chi connectivity index (χ0n) is 11.6. The van der Waals surface area contributed by atoms with Gasteiger partial charge in [0.05, 0.1) is 0 Å². The number of nitrogen functional groups attached to an aromatic ring is 1. The molecule has 0 spiro atoms. The minimum absolute atomic E-state index is 0.0757. The van der Waals surface area contributed by atoms with Crippen molar-refractivity contribution in [3.63, 3.8) is 0 Å². The number of nitrogens with zero attached hydrogens (tertiary/aromatic N) is 1. The second kappa shape index (κ2) is 7.51. The number of amides is 1. The van der Waals surface area contributed by atoms with Crippen molar-refractivity contribution in [2.75, 3.05) is 17.7 Å². The van der Waals surface area contributed by atoms with Gasteiger partial charge in [-0.15, -0.1) is 0 Å². The van der Waals surface area contributed by atoms with Gasteiger partial charge >= 0.3 is 5.51 Å². The summed E-state index contributed by atoms with van der Waals surface area (Å²) in [4.78, 5) is 16.1. The molecule has 0 fully saturated rings. The number of nitrogens with two attached hydrogens (primary N) is 1. The number of halogens is 3. The predicted molar refractivity (Wildman–Crippen MR) is 77.0 cm³/mol. The van der Waals surface area contributed by atoms with Gasteiger partial charge in [0.25, 0.3) is 5.91 Å². The van der Waals surface area contributed by atoms with Crippen molar-refractivity contribution < 1.29 is 18.0 Å². The van der Waals surface area contributed by atoms with E-state index in [-0.39, 0.29) is 30.0 Å². The Hall–Kier alpha value is -1.48. The van der Waals surface area contributed by atoms with Gasteiger partial charge in [-0.05, 0) is 29.8 Å². The molecule has 0 aromatic carbocycles. The summed E-state index contributed by atoms with van der Waals surface area (Å²) < 4.78 is 35.9. The van der Waals surface area contributed by atoms with Crippen LogP contribution < -0.4 is 16.6 Å². The fourth-order valence-corrected chi connectivity index (χ4v) is 1.92. The highest BCUT2D eigenvalue weighted by Gasteiger charge is 2.27. The summed E-state index contributed by atoms with van der Waals surface area (Å²) >= 11 is -0.173. The maximum absolute atomic E-state index is 12.0. The minimum Gasteiger partial charge on any atom is -0.351 e. The van der Waals surface area contributed by atoms with Crippen LogP contribution in [0.5, 0.6) is 0 Å². The van der Waals surface area contributed by atoms with Crippen LogP contribution in [0.15, 0.2) is 12.1 Å². The van der Waals surface area contributed by atoms with Gasteiger partial charge in [-0.25, -0.2) is 10.8 Å². The number of thioether (sulfide) groups is 1. The number of rotatable bonds is 6. The molecule has 5 nitrogen and oxygen atoms in total. The Morgan fingerprint density at radius 3 is 2.62 bits per heavy atom. The van der Waals surface area contributed by atoms with E-state index in [0.717, 1.165) is 0 Å². The zero-order chi connectivity index (χ0) is 16.0. The highest BCUT2D eigenvalue weighted by atomic mass is 32.2. The van der Waals surface area contributed by atoms with E-state index in [4.69, 9.17) is 5.84 Å². The summed E-state index contributed by atoms with van der Waals surface area (Å²) in [6.45, 7) is 3.74. The third-order valence-electron chi connectivity index (χ3n) is 2.50. The molecule has 9 heteroatoms. The number of hydrogen-bond acceptors (Lipinski definition) is 5. The number of hydrazine groups is 1. The average molecular weight is 322 g/mol. The van der Waals surface area contributed by atoms with Crippen LogP contribution in [0.4, 0.5) is 19.0 Å². The van der Waals surface area contributed by atoms with Crippen LogP contribution in [0.1, 0.15) is 35.8 Å². The van der Waals surface area contributed by atoms with Crippen LogP contribution in [-0.4, -0.2) is 28.7 Å². The zero-order valence-corrected chi connectivity index (χ0v) is 12.4. The van der Waals surface area contributed by atoms with Gasteiger partial charge in [0.1, 0.15) is 5.82 Å². The van der Waals surface area contributed by atoms with E-state index < -0.39 is 11.4 Å². The number of pyridine rings is 1. The summed E-state index contributed by atoms with van der Waals surface area (Å²) in [6.07, 6.45) is 0.